The van der Waals surface area contributed by atoms with Crippen molar-refractivity contribution in [2.24, 2.45) is 0 Å². The van der Waals surface area contributed by atoms with E-state index in [2.05, 4.69) is 143 Å². The Labute approximate surface area is 239 Å². The molecule has 1 aliphatic rings. The Kier molecular flexibility index (Phi) is 5.46. The van der Waals surface area contributed by atoms with Crippen LogP contribution in [0.25, 0.3) is 55.4 Å². The van der Waals surface area contributed by atoms with Crippen LogP contribution in [0.2, 0.25) is 0 Å². The molecule has 3 heteroatoms. The van der Waals surface area contributed by atoms with Crippen LogP contribution in [0.3, 0.4) is 0 Å². The second kappa shape index (κ2) is 9.58. The van der Waals surface area contributed by atoms with E-state index in [1.807, 2.05) is 18.5 Å². The zero-order chi connectivity index (χ0) is 27.2. The van der Waals surface area contributed by atoms with Gasteiger partial charge in [0.2, 0.25) is 0 Å². The molecule has 7 aromatic rings. The smallest absolute Gasteiger partial charge is 0.138 e. The molecule has 0 radical (unpaired) electrons. The van der Waals surface area contributed by atoms with Crippen LogP contribution in [0, 0.1) is 0 Å². The first-order valence-corrected chi connectivity index (χ1v) is 13.8. The first-order valence-electron chi connectivity index (χ1n) is 13.8. The van der Waals surface area contributed by atoms with Crippen LogP contribution in [0.5, 0.6) is 0 Å². The Balaban J connectivity index is 1.41. The predicted molar refractivity (Wildman–Crippen MR) is 170 cm³/mol. The lowest BCUT2D eigenvalue weighted by Gasteiger charge is -2.33. The minimum Gasteiger partial charge on any atom is -0.294 e. The van der Waals surface area contributed by atoms with Gasteiger partial charge in [0.25, 0.3) is 0 Å². The molecule has 0 saturated carbocycles. The van der Waals surface area contributed by atoms with Gasteiger partial charge in [-0.3, -0.25) is 9.88 Å². The van der Waals surface area contributed by atoms with E-state index in [4.69, 9.17) is 4.98 Å². The van der Waals surface area contributed by atoms with E-state index in [9.17, 15) is 0 Å². The first-order chi connectivity index (χ1) is 20.3. The molecule has 0 saturated heterocycles. The molecular weight excluding hydrogens is 498 g/mol. The second-order valence-electron chi connectivity index (χ2n) is 10.3. The minimum absolute atomic E-state index is 0.878. The molecule has 2 aromatic heterocycles. The van der Waals surface area contributed by atoms with Crippen molar-refractivity contribution in [1.29, 1.82) is 0 Å². The van der Waals surface area contributed by atoms with Crippen molar-refractivity contribution in [3.8, 4) is 44.6 Å². The number of aromatic nitrogens is 2. The largest absolute Gasteiger partial charge is 0.294 e. The fourth-order valence-corrected chi connectivity index (χ4v) is 5.95. The summed E-state index contributed by atoms with van der Waals surface area (Å²) in [7, 11) is 0. The number of nitrogens with zero attached hydrogens (tertiary/aromatic N) is 3. The quantitative estimate of drug-likeness (QED) is 0.230. The summed E-state index contributed by atoms with van der Waals surface area (Å²) >= 11 is 0. The van der Waals surface area contributed by atoms with Crippen LogP contribution in [0.4, 0.5) is 17.2 Å². The summed E-state index contributed by atoms with van der Waals surface area (Å²) in [5, 5.41) is 2.40. The van der Waals surface area contributed by atoms with Crippen LogP contribution in [0.1, 0.15) is 0 Å². The zero-order valence-corrected chi connectivity index (χ0v) is 22.3. The third-order valence-electron chi connectivity index (χ3n) is 7.85. The fourth-order valence-electron chi connectivity index (χ4n) is 5.95. The van der Waals surface area contributed by atoms with Gasteiger partial charge in [-0.15, -0.1) is 0 Å². The van der Waals surface area contributed by atoms with Crippen LogP contribution < -0.4 is 4.90 Å². The highest BCUT2D eigenvalue weighted by atomic mass is 15.2. The average Bonchev–Trinajstić information content (AvgIpc) is 3.06. The molecule has 8 rings (SSSR count). The van der Waals surface area contributed by atoms with Gasteiger partial charge in [0.05, 0.1) is 17.1 Å². The van der Waals surface area contributed by atoms with E-state index in [0.29, 0.717) is 0 Å². The molecule has 3 nitrogen and oxygen atoms in total. The monoisotopic (exact) mass is 523 g/mol. The maximum Gasteiger partial charge on any atom is 0.138 e. The van der Waals surface area contributed by atoms with Crippen molar-refractivity contribution in [3.05, 3.63) is 152 Å². The van der Waals surface area contributed by atoms with Crippen molar-refractivity contribution in [1.82, 2.24) is 9.97 Å². The van der Waals surface area contributed by atoms with Crippen molar-refractivity contribution in [3.63, 3.8) is 0 Å². The number of anilines is 3. The van der Waals surface area contributed by atoms with Crippen molar-refractivity contribution in [2.75, 3.05) is 4.90 Å². The molecule has 41 heavy (non-hydrogen) atoms. The Morgan fingerprint density at radius 3 is 1.83 bits per heavy atom. The molecular formula is C38H25N3. The summed E-state index contributed by atoms with van der Waals surface area (Å²) in [5.74, 6) is 0.878. The SMILES string of the molecule is c1ccc(-c2cc(-c3ccccc3)nc(N3c4ccncc4-c4cc(-c5ccccc5)cc5cccc3c45)c2)cc1. The molecule has 5 aromatic carbocycles. The number of hydrogen-bond donors (Lipinski definition) is 0. The van der Waals surface area contributed by atoms with Gasteiger partial charge in [0.15, 0.2) is 0 Å². The van der Waals surface area contributed by atoms with Gasteiger partial charge in [-0.1, -0.05) is 103 Å². The average molecular weight is 524 g/mol. The maximum absolute atomic E-state index is 5.28. The molecule has 0 atom stereocenters. The number of benzene rings is 5. The number of hydrogen-bond acceptors (Lipinski definition) is 3. The molecule has 192 valence electrons. The summed E-state index contributed by atoms with van der Waals surface area (Å²) < 4.78 is 0. The van der Waals surface area contributed by atoms with E-state index in [0.717, 1.165) is 45.1 Å². The van der Waals surface area contributed by atoms with E-state index < -0.39 is 0 Å². The molecule has 1 aliphatic heterocycles. The molecule has 0 spiro atoms. The molecule has 3 heterocycles. The third kappa shape index (κ3) is 3.98. The first kappa shape index (κ1) is 23.4. The Morgan fingerprint density at radius 1 is 0.463 bits per heavy atom. The van der Waals surface area contributed by atoms with Crippen molar-refractivity contribution >= 4 is 28.0 Å². The van der Waals surface area contributed by atoms with Crippen LogP contribution in [-0.4, -0.2) is 9.97 Å². The van der Waals surface area contributed by atoms with Crippen molar-refractivity contribution in [2.45, 2.75) is 0 Å². The number of rotatable bonds is 4. The Hall–Kier alpha value is -5.54. The van der Waals surface area contributed by atoms with E-state index in [1.54, 1.807) is 0 Å². The Morgan fingerprint density at radius 2 is 1.12 bits per heavy atom. The van der Waals surface area contributed by atoms with Crippen molar-refractivity contribution < 1.29 is 0 Å². The summed E-state index contributed by atoms with van der Waals surface area (Å²) in [6, 6.07) is 49.2. The molecule has 0 aliphatic carbocycles. The normalized spacial score (nSPS) is 11.9. The predicted octanol–water partition coefficient (Wildman–Crippen LogP) is 10.1. The highest BCUT2D eigenvalue weighted by molar-refractivity contribution is 6.14. The van der Waals surface area contributed by atoms with Gasteiger partial charge in [-0.2, -0.15) is 0 Å². The van der Waals surface area contributed by atoms with Crippen LogP contribution in [-0.2, 0) is 0 Å². The van der Waals surface area contributed by atoms with Gasteiger partial charge < -0.3 is 0 Å². The molecule has 0 bridgehead atoms. The molecule has 0 unspecified atom stereocenters. The van der Waals surface area contributed by atoms with Gasteiger partial charge in [-0.25, -0.2) is 4.98 Å². The molecule has 0 fully saturated rings. The van der Waals surface area contributed by atoms with E-state index in [1.165, 1.54) is 27.5 Å². The van der Waals surface area contributed by atoms with E-state index >= 15 is 0 Å². The minimum atomic E-state index is 0.878. The lowest BCUT2D eigenvalue weighted by atomic mass is 9.89. The second-order valence-corrected chi connectivity index (χ2v) is 10.3. The summed E-state index contributed by atoms with van der Waals surface area (Å²) in [6.07, 6.45) is 3.86. The van der Waals surface area contributed by atoms with Gasteiger partial charge in [0.1, 0.15) is 5.82 Å². The lowest BCUT2D eigenvalue weighted by molar-refractivity contribution is 1.17. The standard InChI is InChI=1S/C38H25N3/c1-4-11-26(12-5-1)30-21-29-17-10-18-36-38(29)32(22-30)33-25-39-20-19-35(33)41(36)37-24-31(27-13-6-2-7-14-27)23-34(40-37)28-15-8-3-9-16-28/h1-25H. The third-order valence-corrected chi connectivity index (χ3v) is 7.85. The maximum atomic E-state index is 5.28. The van der Waals surface area contributed by atoms with Gasteiger partial charge in [-0.05, 0) is 69.6 Å². The fraction of sp³-hybridized carbons (Fsp3) is 0. The lowest BCUT2D eigenvalue weighted by Crippen LogP contribution is -2.17. The topological polar surface area (TPSA) is 29.0 Å². The summed E-state index contributed by atoms with van der Waals surface area (Å²) in [4.78, 5) is 12.2. The zero-order valence-electron chi connectivity index (χ0n) is 22.3. The molecule has 0 N–H and O–H groups in total. The van der Waals surface area contributed by atoms with Gasteiger partial charge >= 0.3 is 0 Å². The van der Waals surface area contributed by atoms with Crippen LogP contribution in [0.15, 0.2) is 152 Å². The van der Waals surface area contributed by atoms with E-state index in [-0.39, 0.29) is 0 Å². The van der Waals surface area contributed by atoms with Gasteiger partial charge in [0, 0.05) is 28.9 Å². The summed E-state index contributed by atoms with van der Waals surface area (Å²) in [5.41, 5.74) is 11.2. The summed E-state index contributed by atoms with van der Waals surface area (Å²) in [6.45, 7) is 0. The molecule has 0 amide bonds. The number of pyridine rings is 2. The number of fused-ring (bicyclic) bond motifs is 2. The van der Waals surface area contributed by atoms with Crippen LogP contribution >= 0.6 is 0 Å². The highest BCUT2D eigenvalue weighted by Crippen LogP contribution is 2.51. The Bertz CT molecular complexity index is 1980. The highest BCUT2D eigenvalue weighted by Gasteiger charge is 2.28.